The van der Waals surface area contributed by atoms with E-state index in [9.17, 15) is 0 Å². The number of ether oxygens (including phenoxy) is 2. The van der Waals surface area contributed by atoms with Gasteiger partial charge in [-0.2, -0.15) is 0 Å². The molecule has 0 fully saturated rings. The second kappa shape index (κ2) is 17.8. The highest BCUT2D eigenvalue weighted by molar-refractivity contribution is 4.83. The molecule has 2 heteroatoms. The molecule has 0 aliphatic rings. The first-order valence-electron chi connectivity index (χ1n) is 12.8. The zero-order chi connectivity index (χ0) is 21.3. The highest BCUT2D eigenvalue weighted by atomic mass is 16.7. The van der Waals surface area contributed by atoms with Crippen LogP contribution in [0, 0.1) is 5.92 Å². The van der Waals surface area contributed by atoms with Gasteiger partial charge in [-0.15, -0.1) is 0 Å². The standard InChI is InChI=1S/C26H54O2/c1-8-13-16-17-18-19-21-25(20-14-9-2)26(22-15-10-3,27-23(6)11-4)28-24(7)12-5/h23-25H,8-22H2,1-7H3. The van der Waals surface area contributed by atoms with Gasteiger partial charge in [0.05, 0.1) is 12.2 Å². The first-order valence-corrected chi connectivity index (χ1v) is 12.8. The molecule has 0 radical (unpaired) electrons. The van der Waals surface area contributed by atoms with Crippen LogP contribution >= 0.6 is 0 Å². The molecule has 28 heavy (non-hydrogen) atoms. The van der Waals surface area contributed by atoms with Crippen molar-refractivity contribution in [2.45, 2.75) is 163 Å². The molecule has 0 spiro atoms. The fourth-order valence-electron chi connectivity index (χ4n) is 4.02. The monoisotopic (exact) mass is 398 g/mol. The maximum atomic E-state index is 6.79. The van der Waals surface area contributed by atoms with E-state index in [1.165, 1.54) is 77.0 Å². The molecule has 0 aromatic rings. The van der Waals surface area contributed by atoms with Crippen molar-refractivity contribution in [2.75, 3.05) is 0 Å². The molecular weight excluding hydrogens is 344 g/mol. The molecule has 0 saturated carbocycles. The van der Waals surface area contributed by atoms with Gasteiger partial charge < -0.3 is 9.47 Å². The van der Waals surface area contributed by atoms with Crippen molar-refractivity contribution in [3.63, 3.8) is 0 Å². The summed E-state index contributed by atoms with van der Waals surface area (Å²) in [5.41, 5.74) is 0. The van der Waals surface area contributed by atoms with E-state index in [-0.39, 0.29) is 18.0 Å². The summed E-state index contributed by atoms with van der Waals surface area (Å²) in [4.78, 5) is 0. The van der Waals surface area contributed by atoms with Crippen molar-refractivity contribution < 1.29 is 9.47 Å². The predicted molar refractivity (Wildman–Crippen MR) is 125 cm³/mol. The average Bonchev–Trinajstić information content (AvgIpc) is 2.70. The van der Waals surface area contributed by atoms with Crippen LogP contribution in [0.4, 0.5) is 0 Å². The quantitative estimate of drug-likeness (QED) is 0.150. The van der Waals surface area contributed by atoms with Crippen LogP contribution in [0.25, 0.3) is 0 Å². The molecule has 0 amide bonds. The molecule has 170 valence electrons. The second-order valence-corrected chi connectivity index (χ2v) is 8.98. The summed E-state index contributed by atoms with van der Waals surface area (Å²) in [5.74, 6) is 0.132. The summed E-state index contributed by atoms with van der Waals surface area (Å²) in [6.07, 6.45) is 19.2. The van der Waals surface area contributed by atoms with Gasteiger partial charge in [-0.3, -0.25) is 0 Å². The first kappa shape index (κ1) is 27.9. The van der Waals surface area contributed by atoms with Crippen LogP contribution in [-0.2, 0) is 9.47 Å². The Bertz CT molecular complexity index is 316. The van der Waals surface area contributed by atoms with Gasteiger partial charge in [0.2, 0.25) is 0 Å². The van der Waals surface area contributed by atoms with E-state index >= 15 is 0 Å². The lowest BCUT2D eigenvalue weighted by molar-refractivity contribution is -0.307. The van der Waals surface area contributed by atoms with Gasteiger partial charge in [0.15, 0.2) is 5.79 Å². The van der Waals surface area contributed by atoms with Crippen molar-refractivity contribution in [1.29, 1.82) is 0 Å². The topological polar surface area (TPSA) is 18.5 Å². The van der Waals surface area contributed by atoms with E-state index in [2.05, 4.69) is 48.5 Å². The van der Waals surface area contributed by atoms with Crippen LogP contribution in [0.1, 0.15) is 145 Å². The summed E-state index contributed by atoms with van der Waals surface area (Å²) in [5, 5.41) is 0. The molecule has 3 atom stereocenters. The summed E-state index contributed by atoms with van der Waals surface area (Å²) in [6, 6.07) is 0. The first-order chi connectivity index (χ1) is 13.5. The predicted octanol–water partition coefficient (Wildman–Crippen LogP) is 9.06. The van der Waals surface area contributed by atoms with Gasteiger partial charge in [-0.05, 0) is 46.0 Å². The van der Waals surface area contributed by atoms with Crippen LogP contribution in [0.2, 0.25) is 0 Å². The Morgan fingerprint density at radius 1 is 0.571 bits per heavy atom. The third-order valence-electron chi connectivity index (χ3n) is 6.26. The van der Waals surface area contributed by atoms with Crippen LogP contribution in [0.3, 0.4) is 0 Å². The van der Waals surface area contributed by atoms with E-state index in [1.54, 1.807) is 0 Å². The van der Waals surface area contributed by atoms with Crippen LogP contribution in [-0.4, -0.2) is 18.0 Å². The van der Waals surface area contributed by atoms with E-state index < -0.39 is 0 Å². The van der Waals surface area contributed by atoms with Crippen LogP contribution in [0.15, 0.2) is 0 Å². The Labute approximate surface area is 178 Å². The van der Waals surface area contributed by atoms with Gasteiger partial charge in [-0.1, -0.05) is 92.4 Å². The third-order valence-corrected chi connectivity index (χ3v) is 6.26. The Morgan fingerprint density at radius 2 is 1.04 bits per heavy atom. The smallest absolute Gasteiger partial charge is 0.171 e. The van der Waals surface area contributed by atoms with Gasteiger partial charge in [0.25, 0.3) is 0 Å². The molecule has 0 heterocycles. The summed E-state index contributed by atoms with van der Waals surface area (Å²) >= 11 is 0. The van der Waals surface area contributed by atoms with Crippen molar-refractivity contribution in [3.8, 4) is 0 Å². The molecule has 0 N–H and O–H groups in total. The minimum absolute atomic E-state index is 0.259. The molecule has 0 aromatic heterocycles. The van der Waals surface area contributed by atoms with Gasteiger partial charge in [0.1, 0.15) is 0 Å². The highest BCUT2D eigenvalue weighted by Crippen LogP contribution is 2.39. The number of rotatable bonds is 20. The summed E-state index contributed by atoms with van der Waals surface area (Å²) in [7, 11) is 0. The SMILES string of the molecule is CCCCCCCCC(CCCC)C(CCCC)(OC(C)CC)OC(C)CC. The fourth-order valence-corrected chi connectivity index (χ4v) is 4.02. The Balaban J connectivity index is 5.35. The highest BCUT2D eigenvalue weighted by Gasteiger charge is 2.42. The molecule has 3 unspecified atom stereocenters. The van der Waals surface area contributed by atoms with E-state index in [1.807, 2.05) is 0 Å². The third kappa shape index (κ3) is 11.8. The number of hydrogen-bond donors (Lipinski definition) is 0. The Morgan fingerprint density at radius 3 is 1.54 bits per heavy atom. The van der Waals surface area contributed by atoms with Crippen LogP contribution in [0.5, 0.6) is 0 Å². The molecular formula is C26H54O2. The average molecular weight is 399 g/mol. The number of unbranched alkanes of at least 4 members (excludes halogenated alkanes) is 7. The van der Waals surface area contributed by atoms with E-state index in [0.717, 1.165) is 19.3 Å². The summed E-state index contributed by atoms with van der Waals surface area (Å²) in [6.45, 7) is 15.8. The lowest BCUT2D eigenvalue weighted by Crippen LogP contribution is -2.48. The molecule has 0 aromatic carbocycles. The lowest BCUT2D eigenvalue weighted by atomic mass is 9.84. The van der Waals surface area contributed by atoms with Crippen LogP contribution < -0.4 is 0 Å². The van der Waals surface area contributed by atoms with Crippen molar-refractivity contribution >= 4 is 0 Å². The molecule has 2 nitrogen and oxygen atoms in total. The fraction of sp³-hybridized carbons (Fsp3) is 1.00. The molecule has 0 aliphatic carbocycles. The Hall–Kier alpha value is -0.0800. The zero-order valence-corrected chi connectivity index (χ0v) is 20.7. The molecule has 0 aliphatic heterocycles. The normalized spacial score (nSPS) is 17.2. The van der Waals surface area contributed by atoms with Crippen molar-refractivity contribution in [1.82, 2.24) is 0 Å². The minimum atomic E-state index is -0.389. The van der Waals surface area contributed by atoms with Gasteiger partial charge in [-0.25, -0.2) is 0 Å². The van der Waals surface area contributed by atoms with Gasteiger partial charge in [0, 0.05) is 12.3 Å². The lowest BCUT2D eigenvalue weighted by Gasteiger charge is -2.44. The van der Waals surface area contributed by atoms with Gasteiger partial charge >= 0.3 is 0 Å². The van der Waals surface area contributed by atoms with E-state index in [4.69, 9.17) is 9.47 Å². The van der Waals surface area contributed by atoms with Crippen molar-refractivity contribution in [2.24, 2.45) is 5.92 Å². The Kier molecular flexibility index (Phi) is 17.7. The minimum Gasteiger partial charge on any atom is -0.347 e. The second-order valence-electron chi connectivity index (χ2n) is 8.98. The number of hydrogen-bond acceptors (Lipinski definition) is 2. The molecule has 0 bridgehead atoms. The molecule has 0 rings (SSSR count). The maximum Gasteiger partial charge on any atom is 0.171 e. The largest absolute Gasteiger partial charge is 0.347 e. The maximum absolute atomic E-state index is 6.79. The molecule has 0 saturated heterocycles. The zero-order valence-electron chi connectivity index (χ0n) is 20.7. The summed E-state index contributed by atoms with van der Waals surface area (Å²) < 4.78 is 13.6. The van der Waals surface area contributed by atoms with Crippen molar-refractivity contribution in [3.05, 3.63) is 0 Å². The van der Waals surface area contributed by atoms with E-state index in [0.29, 0.717) is 5.92 Å².